The van der Waals surface area contributed by atoms with Crippen molar-refractivity contribution in [2.24, 2.45) is 0 Å². The lowest BCUT2D eigenvalue weighted by molar-refractivity contribution is 0.0302. The average Bonchev–Trinajstić information content (AvgIpc) is 2.64. The Morgan fingerprint density at radius 1 is 1.33 bits per heavy atom. The van der Waals surface area contributed by atoms with Gasteiger partial charge in [-0.1, -0.05) is 39.0 Å². The second-order valence-corrected chi connectivity index (χ2v) is 6.51. The summed E-state index contributed by atoms with van der Waals surface area (Å²) in [7, 11) is 1.94. The molecule has 0 radical (unpaired) electrons. The summed E-state index contributed by atoms with van der Waals surface area (Å²) in [5.41, 5.74) is 3.30. The van der Waals surface area contributed by atoms with E-state index in [9.17, 15) is 5.11 Å². The molecule has 1 aromatic rings. The lowest BCUT2D eigenvalue weighted by Crippen LogP contribution is -2.27. The molecule has 2 N–H and O–H groups in total. The van der Waals surface area contributed by atoms with Crippen molar-refractivity contribution in [3.05, 3.63) is 34.9 Å². The van der Waals surface area contributed by atoms with Crippen LogP contribution in [0.4, 0.5) is 0 Å². The van der Waals surface area contributed by atoms with Crippen LogP contribution in [0.25, 0.3) is 0 Å². The quantitative estimate of drug-likeness (QED) is 0.861. The maximum absolute atomic E-state index is 10.8. The predicted molar refractivity (Wildman–Crippen MR) is 75.9 cm³/mol. The molecule has 0 fully saturated rings. The standard InChI is InChI=1S/C16H25NO/c1-15(2,3)13-6-5-12-7-8-16(18,9-10-17-4)14(12)11-13/h5-6,11,17-18H,7-10H2,1-4H3. The lowest BCUT2D eigenvalue weighted by atomic mass is 9.83. The van der Waals surface area contributed by atoms with Gasteiger partial charge in [0.1, 0.15) is 0 Å². The average molecular weight is 247 g/mol. The first-order valence-electron chi connectivity index (χ1n) is 6.88. The fraction of sp³-hybridized carbons (Fsp3) is 0.625. The Morgan fingerprint density at radius 2 is 2.06 bits per heavy atom. The Morgan fingerprint density at radius 3 is 2.67 bits per heavy atom. The second-order valence-electron chi connectivity index (χ2n) is 6.51. The molecule has 2 heteroatoms. The van der Waals surface area contributed by atoms with E-state index in [0.29, 0.717) is 0 Å². The van der Waals surface area contributed by atoms with Crippen molar-refractivity contribution in [3.8, 4) is 0 Å². The second kappa shape index (κ2) is 4.67. The van der Waals surface area contributed by atoms with Crippen LogP contribution in [0.2, 0.25) is 0 Å². The molecule has 1 aliphatic rings. The maximum atomic E-state index is 10.8. The van der Waals surface area contributed by atoms with Crippen LogP contribution in [0.5, 0.6) is 0 Å². The topological polar surface area (TPSA) is 32.3 Å². The molecule has 1 unspecified atom stereocenters. The summed E-state index contributed by atoms with van der Waals surface area (Å²) in [6.45, 7) is 7.51. The largest absolute Gasteiger partial charge is 0.385 e. The molecule has 0 heterocycles. The molecule has 0 amide bonds. The third-order valence-corrected chi connectivity index (χ3v) is 4.07. The van der Waals surface area contributed by atoms with Gasteiger partial charge in [0, 0.05) is 0 Å². The van der Waals surface area contributed by atoms with Crippen LogP contribution in [-0.4, -0.2) is 18.7 Å². The monoisotopic (exact) mass is 247 g/mol. The number of hydrogen-bond acceptors (Lipinski definition) is 2. The van der Waals surface area contributed by atoms with E-state index in [-0.39, 0.29) is 5.41 Å². The van der Waals surface area contributed by atoms with Gasteiger partial charge in [0.15, 0.2) is 0 Å². The van der Waals surface area contributed by atoms with Crippen molar-refractivity contribution in [1.82, 2.24) is 5.32 Å². The highest BCUT2D eigenvalue weighted by Crippen LogP contribution is 2.41. The van der Waals surface area contributed by atoms with Crippen LogP contribution in [0.15, 0.2) is 18.2 Å². The number of nitrogens with one attached hydrogen (secondary N) is 1. The van der Waals surface area contributed by atoms with Gasteiger partial charge in [0.25, 0.3) is 0 Å². The van der Waals surface area contributed by atoms with E-state index in [1.807, 2.05) is 7.05 Å². The molecule has 1 aromatic carbocycles. The lowest BCUT2D eigenvalue weighted by Gasteiger charge is -2.26. The fourth-order valence-electron chi connectivity index (χ4n) is 2.76. The van der Waals surface area contributed by atoms with Crippen LogP contribution < -0.4 is 5.32 Å². The van der Waals surface area contributed by atoms with Crippen molar-refractivity contribution < 1.29 is 5.11 Å². The van der Waals surface area contributed by atoms with Gasteiger partial charge in [0.2, 0.25) is 0 Å². The Kier molecular flexibility index (Phi) is 3.52. The number of benzene rings is 1. The minimum absolute atomic E-state index is 0.140. The van der Waals surface area contributed by atoms with Crippen molar-refractivity contribution in [1.29, 1.82) is 0 Å². The molecule has 18 heavy (non-hydrogen) atoms. The smallest absolute Gasteiger partial charge is 0.0914 e. The summed E-state index contributed by atoms with van der Waals surface area (Å²) in [5.74, 6) is 0. The minimum Gasteiger partial charge on any atom is -0.385 e. The zero-order chi connectivity index (χ0) is 13.4. The van der Waals surface area contributed by atoms with Crippen LogP contribution in [-0.2, 0) is 17.4 Å². The van der Waals surface area contributed by atoms with Gasteiger partial charge in [0.05, 0.1) is 5.60 Å². The molecule has 0 aliphatic heterocycles. The molecule has 2 rings (SSSR count). The van der Waals surface area contributed by atoms with Crippen molar-refractivity contribution in [3.63, 3.8) is 0 Å². The predicted octanol–water partition coefficient (Wildman–Crippen LogP) is 2.73. The number of rotatable bonds is 3. The molecular formula is C16H25NO. The highest BCUT2D eigenvalue weighted by molar-refractivity contribution is 5.42. The van der Waals surface area contributed by atoms with Crippen LogP contribution in [0.3, 0.4) is 0 Å². The Labute approximate surface area is 110 Å². The SMILES string of the molecule is CNCCC1(O)CCc2ccc(C(C)(C)C)cc21. The molecular weight excluding hydrogens is 222 g/mol. The molecule has 100 valence electrons. The Bertz CT molecular complexity index is 433. The van der Waals surface area contributed by atoms with Gasteiger partial charge in [-0.2, -0.15) is 0 Å². The van der Waals surface area contributed by atoms with Crippen LogP contribution in [0.1, 0.15) is 50.3 Å². The Hall–Kier alpha value is -0.860. The summed E-state index contributed by atoms with van der Waals surface area (Å²) in [6.07, 6.45) is 2.65. The molecule has 0 saturated heterocycles. The third-order valence-electron chi connectivity index (χ3n) is 4.07. The summed E-state index contributed by atoms with van der Waals surface area (Å²) < 4.78 is 0. The fourth-order valence-corrected chi connectivity index (χ4v) is 2.76. The summed E-state index contributed by atoms with van der Waals surface area (Å²) in [6, 6.07) is 6.63. The van der Waals surface area contributed by atoms with Crippen LogP contribution in [0, 0.1) is 0 Å². The summed E-state index contributed by atoms with van der Waals surface area (Å²) in [5, 5.41) is 14.0. The van der Waals surface area contributed by atoms with E-state index in [2.05, 4.69) is 44.3 Å². The Balaban J connectivity index is 2.36. The molecule has 0 bridgehead atoms. The van der Waals surface area contributed by atoms with Gasteiger partial charge in [-0.15, -0.1) is 0 Å². The first kappa shape index (κ1) is 13.6. The van der Waals surface area contributed by atoms with Gasteiger partial charge >= 0.3 is 0 Å². The highest BCUT2D eigenvalue weighted by Gasteiger charge is 2.36. The highest BCUT2D eigenvalue weighted by atomic mass is 16.3. The zero-order valence-corrected chi connectivity index (χ0v) is 12.0. The van der Waals surface area contributed by atoms with Crippen molar-refractivity contribution in [2.75, 3.05) is 13.6 Å². The first-order valence-corrected chi connectivity index (χ1v) is 6.88. The van der Waals surface area contributed by atoms with E-state index in [1.54, 1.807) is 0 Å². The van der Waals surface area contributed by atoms with Crippen molar-refractivity contribution in [2.45, 2.75) is 51.0 Å². The summed E-state index contributed by atoms with van der Waals surface area (Å²) >= 11 is 0. The first-order chi connectivity index (χ1) is 8.37. The van der Waals surface area contributed by atoms with Gasteiger partial charge < -0.3 is 10.4 Å². The van der Waals surface area contributed by atoms with E-state index >= 15 is 0 Å². The molecule has 1 atom stereocenters. The van der Waals surface area contributed by atoms with Crippen molar-refractivity contribution >= 4 is 0 Å². The molecule has 0 aromatic heterocycles. The number of aliphatic hydroxyl groups is 1. The van der Waals surface area contributed by atoms with Gasteiger partial charge in [-0.05, 0) is 55.0 Å². The molecule has 2 nitrogen and oxygen atoms in total. The molecule has 0 spiro atoms. The van der Waals surface area contributed by atoms with E-state index in [4.69, 9.17) is 0 Å². The third kappa shape index (κ3) is 2.45. The van der Waals surface area contributed by atoms with Gasteiger partial charge in [-0.25, -0.2) is 0 Å². The van der Waals surface area contributed by atoms with E-state index in [0.717, 1.165) is 31.4 Å². The molecule has 1 aliphatic carbocycles. The normalized spacial score (nSPS) is 23.2. The van der Waals surface area contributed by atoms with Gasteiger partial charge in [-0.3, -0.25) is 0 Å². The number of hydrogen-bond donors (Lipinski definition) is 2. The maximum Gasteiger partial charge on any atom is 0.0914 e. The number of aryl methyl sites for hydroxylation is 1. The van der Waals surface area contributed by atoms with E-state index < -0.39 is 5.60 Å². The summed E-state index contributed by atoms with van der Waals surface area (Å²) in [4.78, 5) is 0. The minimum atomic E-state index is -0.625. The zero-order valence-electron chi connectivity index (χ0n) is 12.0. The van der Waals surface area contributed by atoms with E-state index in [1.165, 1.54) is 11.1 Å². The van der Waals surface area contributed by atoms with Crippen LogP contribution >= 0.6 is 0 Å². The number of fused-ring (bicyclic) bond motifs is 1. The molecule has 0 saturated carbocycles.